The van der Waals surface area contributed by atoms with Crippen LogP contribution in [-0.4, -0.2) is 32.8 Å². The summed E-state index contributed by atoms with van der Waals surface area (Å²) < 4.78 is 16.2. The lowest BCUT2D eigenvalue weighted by atomic mass is 10.1. The Labute approximate surface area is 124 Å². The van der Waals surface area contributed by atoms with Crippen molar-refractivity contribution in [1.29, 1.82) is 0 Å². The molecule has 1 amide bonds. The Balaban J connectivity index is 2.06. The van der Waals surface area contributed by atoms with Crippen LogP contribution in [0.4, 0.5) is 11.4 Å². The third kappa shape index (κ3) is 4.26. The van der Waals surface area contributed by atoms with Gasteiger partial charge < -0.3 is 25.3 Å². The molecule has 1 heterocycles. The summed E-state index contributed by atoms with van der Waals surface area (Å²) >= 11 is 0. The van der Waals surface area contributed by atoms with Gasteiger partial charge in [-0.05, 0) is 5.92 Å². The maximum atomic E-state index is 12.0. The van der Waals surface area contributed by atoms with Gasteiger partial charge in [0.05, 0.1) is 24.6 Å². The number of nitrogens with two attached hydrogens (primary N) is 1. The predicted octanol–water partition coefficient (Wildman–Crippen LogP) is 2.04. The molecule has 1 unspecified atom stereocenters. The summed E-state index contributed by atoms with van der Waals surface area (Å²) in [7, 11) is 1.62. The molecule has 0 fully saturated rings. The van der Waals surface area contributed by atoms with Gasteiger partial charge in [-0.1, -0.05) is 6.92 Å². The van der Waals surface area contributed by atoms with Crippen LogP contribution in [0.3, 0.4) is 0 Å². The average molecular weight is 294 g/mol. The van der Waals surface area contributed by atoms with Gasteiger partial charge in [-0.3, -0.25) is 4.79 Å². The van der Waals surface area contributed by atoms with E-state index in [2.05, 4.69) is 5.32 Å². The average Bonchev–Trinajstić information content (AvgIpc) is 2.64. The lowest BCUT2D eigenvalue weighted by Gasteiger charge is -2.14. The first-order valence-electron chi connectivity index (χ1n) is 7.08. The minimum atomic E-state index is -0.0965. The zero-order valence-corrected chi connectivity index (χ0v) is 12.5. The molecule has 21 heavy (non-hydrogen) atoms. The second kappa shape index (κ2) is 7.17. The molecule has 6 nitrogen and oxygen atoms in total. The quantitative estimate of drug-likeness (QED) is 0.812. The Hall–Kier alpha value is -1.95. The number of hydrogen-bond acceptors (Lipinski definition) is 5. The second-order valence-electron chi connectivity index (χ2n) is 5.25. The SMILES string of the molecule is COCC(C)CC(=O)Nc1cc2c(cc1N)OCCCO2. The van der Waals surface area contributed by atoms with Gasteiger partial charge in [-0.2, -0.15) is 0 Å². The lowest BCUT2D eigenvalue weighted by molar-refractivity contribution is -0.117. The number of methoxy groups -OCH3 is 1. The van der Waals surface area contributed by atoms with Crippen molar-refractivity contribution in [3.8, 4) is 11.5 Å². The number of benzene rings is 1. The van der Waals surface area contributed by atoms with Gasteiger partial charge in [0.25, 0.3) is 0 Å². The fourth-order valence-corrected chi connectivity index (χ4v) is 2.19. The van der Waals surface area contributed by atoms with Crippen molar-refractivity contribution >= 4 is 17.3 Å². The van der Waals surface area contributed by atoms with Crippen LogP contribution >= 0.6 is 0 Å². The zero-order valence-electron chi connectivity index (χ0n) is 12.5. The Morgan fingerprint density at radius 1 is 1.38 bits per heavy atom. The van der Waals surface area contributed by atoms with Crippen LogP contribution in [0.1, 0.15) is 19.8 Å². The molecule has 0 aromatic heterocycles. The van der Waals surface area contributed by atoms with Crippen molar-refractivity contribution in [1.82, 2.24) is 0 Å². The van der Waals surface area contributed by atoms with Crippen molar-refractivity contribution in [3.63, 3.8) is 0 Å². The molecule has 0 bridgehead atoms. The molecule has 1 aliphatic heterocycles. The Kier molecular flexibility index (Phi) is 5.27. The van der Waals surface area contributed by atoms with Crippen LogP contribution in [0.2, 0.25) is 0 Å². The first-order chi connectivity index (χ1) is 10.1. The molecule has 6 heteroatoms. The Morgan fingerprint density at radius 2 is 2.05 bits per heavy atom. The van der Waals surface area contributed by atoms with Crippen molar-refractivity contribution in [2.24, 2.45) is 5.92 Å². The maximum Gasteiger partial charge on any atom is 0.224 e. The lowest BCUT2D eigenvalue weighted by Crippen LogP contribution is -2.18. The van der Waals surface area contributed by atoms with E-state index in [1.54, 1.807) is 19.2 Å². The van der Waals surface area contributed by atoms with Crippen molar-refractivity contribution in [2.45, 2.75) is 19.8 Å². The fraction of sp³-hybridized carbons (Fsp3) is 0.533. The molecule has 1 aromatic carbocycles. The van der Waals surface area contributed by atoms with Gasteiger partial charge in [-0.15, -0.1) is 0 Å². The van der Waals surface area contributed by atoms with Gasteiger partial charge in [0.2, 0.25) is 5.91 Å². The highest BCUT2D eigenvalue weighted by Crippen LogP contribution is 2.36. The molecule has 1 atom stereocenters. The first-order valence-corrected chi connectivity index (χ1v) is 7.08. The molecular weight excluding hydrogens is 272 g/mol. The molecule has 0 saturated carbocycles. The Morgan fingerprint density at radius 3 is 2.71 bits per heavy atom. The summed E-state index contributed by atoms with van der Waals surface area (Å²) in [6, 6.07) is 3.41. The van der Waals surface area contributed by atoms with E-state index in [0.29, 0.717) is 49.1 Å². The Bertz CT molecular complexity index is 505. The molecule has 0 radical (unpaired) electrons. The number of fused-ring (bicyclic) bond motifs is 1. The monoisotopic (exact) mass is 294 g/mol. The number of ether oxygens (including phenoxy) is 3. The second-order valence-corrected chi connectivity index (χ2v) is 5.25. The number of rotatable bonds is 5. The molecule has 116 valence electrons. The molecule has 1 aromatic rings. The standard InChI is InChI=1S/C15H22N2O4/c1-10(9-19-2)6-15(18)17-12-8-14-13(7-11(12)16)20-4-3-5-21-14/h7-8,10H,3-6,9,16H2,1-2H3,(H,17,18). The number of nitrogen functional groups attached to an aromatic ring is 1. The minimum Gasteiger partial charge on any atom is -0.489 e. The molecular formula is C15H22N2O4. The number of nitrogens with one attached hydrogen (secondary N) is 1. The van der Waals surface area contributed by atoms with E-state index in [1.807, 2.05) is 6.92 Å². The van der Waals surface area contributed by atoms with Crippen molar-refractivity contribution in [2.75, 3.05) is 38.0 Å². The van der Waals surface area contributed by atoms with E-state index in [-0.39, 0.29) is 11.8 Å². The van der Waals surface area contributed by atoms with Gasteiger partial charge in [-0.25, -0.2) is 0 Å². The van der Waals surface area contributed by atoms with Crippen LogP contribution in [0, 0.1) is 5.92 Å². The largest absolute Gasteiger partial charge is 0.489 e. The molecule has 0 spiro atoms. The third-order valence-electron chi connectivity index (χ3n) is 3.18. The summed E-state index contributed by atoms with van der Waals surface area (Å²) in [5.41, 5.74) is 6.97. The van der Waals surface area contributed by atoms with Gasteiger partial charge in [0.1, 0.15) is 0 Å². The highest BCUT2D eigenvalue weighted by Gasteiger charge is 2.16. The van der Waals surface area contributed by atoms with Crippen molar-refractivity contribution in [3.05, 3.63) is 12.1 Å². The van der Waals surface area contributed by atoms with Crippen LogP contribution in [-0.2, 0) is 9.53 Å². The van der Waals surface area contributed by atoms with Crippen LogP contribution in [0.15, 0.2) is 12.1 Å². The normalized spacial score (nSPS) is 15.1. The van der Waals surface area contributed by atoms with E-state index in [4.69, 9.17) is 19.9 Å². The third-order valence-corrected chi connectivity index (χ3v) is 3.18. The molecule has 2 rings (SSSR count). The van der Waals surface area contributed by atoms with Gasteiger partial charge in [0.15, 0.2) is 11.5 Å². The number of anilines is 2. The number of carbonyl (C=O) groups is 1. The summed E-state index contributed by atoms with van der Waals surface area (Å²) in [6.45, 7) is 3.70. The summed E-state index contributed by atoms with van der Waals surface area (Å²) in [5.74, 6) is 1.29. The minimum absolute atomic E-state index is 0.0965. The van der Waals surface area contributed by atoms with E-state index >= 15 is 0 Å². The van der Waals surface area contributed by atoms with Gasteiger partial charge >= 0.3 is 0 Å². The van der Waals surface area contributed by atoms with Gasteiger partial charge in [0, 0.05) is 38.7 Å². The zero-order chi connectivity index (χ0) is 15.2. The highest BCUT2D eigenvalue weighted by molar-refractivity contribution is 5.94. The number of carbonyl (C=O) groups excluding carboxylic acids is 1. The number of hydrogen-bond donors (Lipinski definition) is 2. The van der Waals surface area contributed by atoms with E-state index < -0.39 is 0 Å². The summed E-state index contributed by atoms with van der Waals surface area (Å²) in [5, 5.41) is 2.82. The van der Waals surface area contributed by atoms with Crippen LogP contribution in [0.5, 0.6) is 11.5 Å². The number of amides is 1. The molecule has 1 aliphatic rings. The summed E-state index contributed by atoms with van der Waals surface area (Å²) in [6.07, 6.45) is 1.20. The molecule has 0 saturated heterocycles. The fourth-order valence-electron chi connectivity index (χ4n) is 2.19. The van der Waals surface area contributed by atoms with Crippen LogP contribution in [0.25, 0.3) is 0 Å². The van der Waals surface area contributed by atoms with Crippen molar-refractivity contribution < 1.29 is 19.0 Å². The highest BCUT2D eigenvalue weighted by atomic mass is 16.5. The molecule has 3 N–H and O–H groups in total. The van der Waals surface area contributed by atoms with E-state index in [0.717, 1.165) is 6.42 Å². The predicted molar refractivity (Wildman–Crippen MR) is 80.7 cm³/mol. The van der Waals surface area contributed by atoms with E-state index in [9.17, 15) is 4.79 Å². The van der Waals surface area contributed by atoms with Crippen LogP contribution < -0.4 is 20.5 Å². The topological polar surface area (TPSA) is 82.8 Å². The maximum absolute atomic E-state index is 12.0. The first kappa shape index (κ1) is 15.4. The van der Waals surface area contributed by atoms with E-state index in [1.165, 1.54) is 0 Å². The molecule has 0 aliphatic carbocycles. The smallest absolute Gasteiger partial charge is 0.224 e. The summed E-state index contributed by atoms with van der Waals surface area (Å²) in [4.78, 5) is 12.0.